The third kappa shape index (κ3) is 4.48. The second kappa shape index (κ2) is 8.07. The summed E-state index contributed by atoms with van der Waals surface area (Å²) in [7, 11) is 0. The Hall–Kier alpha value is -1.92. The van der Waals surface area contributed by atoms with Crippen LogP contribution in [-0.4, -0.2) is 11.0 Å². The van der Waals surface area contributed by atoms with Gasteiger partial charge in [-0.15, -0.1) is 0 Å². The number of rotatable bonds is 4. The third-order valence-electron chi connectivity index (χ3n) is 6.05. The molecule has 0 aliphatic heterocycles. The third-order valence-corrected chi connectivity index (χ3v) is 6.05. The predicted molar refractivity (Wildman–Crippen MR) is 99.0 cm³/mol. The molecular formula is C22H24F6O. The molecule has 3 rings (SSSR count). The highest BCUT2D eigenvalue weighted by molar-refractivity contribution is 5.74. The lowest BCUT2D eigenvalue weighted by molar-refractivity contribution is -0.140. The molecule has 0 radical (unpaired) electrons. The van der Waals surface area contributed by atoms with Crippen LogP contribution in [0.3, 0.4) is 0 Å². The molecule has 2 aliphatic carbocycles. The number of halogens is 6. The molecule has 0 unspecified atom stereocenters. The van der Waals surface area contributed by atoms with Crippen LogP contribution in [0.15, 0.2) is 29.9 Å². The Bertz CT molecular complexity index is 813. The Morgan fingerprint density at radius 1 is 1.07 bits per heavy atom. The summed E-state index contributed by atoms with van der Waals surface area (Å²) in [6.07, 6.45) is 2.30. The molecule has 1 saturated carbocycles. The van der Waals surface area contributed by atoms with Crippen molar-refractivity contribution >= 4 is 5.57 Å². The molecule has 1 aromatic rings. The minimum Gasteiger partial charge on any atom is -0.504 e. The minimum absolute atomic E-state index is 0.0306. The first kappa shape index (κ1) is 21.8. The average molecular weight is 418 g/mol. The molecular weight excluding hydrogens is 394 g/mol. The fourth-order valence-electron chi connectivity index (χ4n) is 4.55. The Kier molecular flexibility index (Phi) is 6.06. The van der Waals surface area contributed by atoms with Crippen LogP contribution in [0.4, 0.5) is 26.3 Å². The Morgan fingerprint density at radius 2 is 1.72 bits per heavy atom. The topological polar surface area (TPSA) is 20.2 Å². The first-order valence-corrected chi connectivity index (χ1v) is 9.92. The van der Waals surface area contributed by atoms with E-state index in [-0.39, 0.29) is 22.6 Å². The molecule has 1 nitrogen and oxygen atoms in total. The van der Waals surface area contributed by atoms with Gasteiger partial charge in [0.05, 0.1) is 5.56 Å². The number of phenolic OH excluding ortho intramolecular Hbond substituents is 1. The van der Waals surface area contributed by atoms with Gasteiger partial charge in [0.25, 0.3) is 5.92 Å². The molecule has 0 aromatic heterocycles. The second-order valence-corrected chi connectivity index (χ2v) is 8.02. The lowest BCUT2D eigenvalue weighted by atomic mass is 9.73. The standard InChI is InChI=1S/C22H24F6O/c1-2-3-13-4-6-14(7-5-13)17-10-8-15(12-21(17,24)25)16-9-11-18(22(26,27)28)19(23)20(16)29/h8-11,13-14,29H,2-7,12H2,1H3. The molecule has 0 heterocycles. The van der Waals surface area contributed by atoms with Gasteiger partial charge in [0.1, 0.15) is 0 Å². The zero-order valence-corrected chi connectivity index (χ0v) is 16.1. The van der Waals surface area contributed by atoms with Crippen LogP contribution in [-0.2, 0) is 6.18 Å². The van der Waals surface area contributed by atoms with E-state index in [1.165, 1.54) is 12.2 Å². The molecule has 0 amide bonds. The maximum Gasteiger partial charge on any atom is 0.419 e. The van der Waals surface area contributed by atoms with E-state index >= 15 is 0 Å². The van der Waals surface area contributed by atoms with E-state index in [0.29, 0.717) is 24.8 Å². The minimum atomic E-state index is -4.98. The van der Waals surface area contributed by atoms with Gasteiger partial charge in [-0.05, 0) is 49.2 Å². The molecule has 0 bridgehead atoms. The van der Waals surface area contributed by atoms with Crippen LogP contribution in [0.25, 0.3) is 5.57 Å². The molecule has 29 heavy (non-hydrogen) atoms. The second-order valence-electron chi connectivity index (χ2n) is 8.02. The van der Waals surface area contributed by atoms with E-state index in [9.17, 15) is 31.4 Å². The molecule has 7 heteroatoms. The van der Waals surface area contributed by atoms with Crippen molar-refractivity contribution < 1.29 is 31.4 Å². The summed E-state index contributed by atoms with van der Waals surface area (Å²) in [6, 6.07) is 1.32. The first-order chi connectivity index (χ1) is 13.5. The highest BCUT2D eigenvalue weighted by atomic mass is 19.4. The summed E-state index contributed by atoms with van der Waals surface area (Å²) >= 11 is 0. The van der Waals surface area contributed by atoms with Gasteiger partial charge in [-0.2, -0.15) is 13.2 Å². The number of aromatic hydroxyl groups is 1. The summed E-state index contributed by atoms with van der Waals surface area (Å²) in [5, 5.41) is 9.88. The van der Waals surface area contributed by atoms with Gasteiger partial charge in [0, 0.05) is 17.6 Å². The highest BCUT2D eigenvalue weighted by Crippen LogP contribution is 2.48. The van der Waals surface area contributed by atoms with E-state index in [4.69, 9.17) is 0 Å². The Balaban J connectivity index is 1.86. The van der Waals surface area contributed by atoms with Gasteiger partial charge in [-0.25, -0.2) is 13.2 Å². The lowest BCUT2D eigenvalue weighted by Gasteiger charge is -2.35. The van der Waals surface area contributed by atoms with Crippen LogP contribution in [0.5, 0.6) is 5.75 Å². The normalized spacial score (nSPS) is 24.8. The van der Waals surface area contributed by atoms with E-state index in [1.807, 2.05) is 0 Å². The largest absolute Gasteiger partial charge is 0.504 e. The number of alkyl halides is 5. The lowest BCUT2D eigenvalue weighted by Crippen LogP contribution is -2.30. The number of hydrogen-bond acceptors (Lipinski definition) is 1. The molecule has 160 valence electrons. The van der Waals surface area contributed by atoms with Crippen LogP contribution in [0.2, 0.25) is 0 Å². The first-order valence-electron chi connectivity index (χ1n) is 9.92. The van der Waals surface area contributed by atoms with Gasteiger partial charge >= 0.3 is 6.18 Å². The van der Waals surface area contributed by atoms with Crippen molar-refractivity contribution in [3.8, 4) is 5.75 Å². The Morgan fingerprint density at radius 3 is 2.28 bits per heavy atom. The van der Waals surface area contributed by atoms with Crippen molar-refractivity contribution in [2.24, 2.45) is 11.8 Å². The van der Waals surface area contributed by atoms with Crippen molar-refractivity contribution in [2.75, 3.05) is 0 Å². The summed E-state index contributed by atoms with van der Waals surface area (Å²) in [5.41, 5.74) is -2.01. The molecule has 0 saturated heterocycles. The van der Waals surface area contributed by atoms with Crippen LogP contribution < -0.4 is 0 Å². The molecule has 0 atom stereocenters. The fraction of sp³-hybridized carbons (Fsp3) is 0.545. The maximum atomic E-state index is 14.9. The van der Waals surface area contributed by atoms with E-state index in [2.05, 4.69) is 6.92 Å². The van der Waals surface area contributed by atoms with Gasteiger partial charge in [0.2, 0.25) is 0 Å². The summed E-state index contributed by atoms with van der Waals surface area (Å²) in [6.45, 7) is 2.11. The SMILES string of the molecule is CCCC1CCC(C2=CC=C(c3ccc(C(F)(F)F)c(F)c3O)CC2(F)F)CC1. The van der Waals surface area contributed by atoms with E-state index in [0.717, 1.165) is 31.7 Å². The van der Waals surface area contributed by atoms with Crippen LogP contribution in [0.1, 0.15) is 63.0 Å². The van der Waals surface area contributed by atoms with Crippen LogP contribution >= 0.6 is 0 Å². The molecule has 1 aromatic carbocycles. The van der Waals surface area contributed by atoms with Gasteiger partial charge in [-0.1, -0.05) is 38.0 Å². The number of phenols is 1. The number of benzene rings is 1. The summed E-state index contributed by atoms with van der Waals surface area (Å²) < 4.78 is 82.0. The molecule has 2 aliphatic rings. The zero-order chi connectivity index (χ0) is 21.4. The van der Waals surface area contributed by atoms with Crippen molar-refractivity contribution in [1.82, 2.24) is 0 Å². The Labute approximate surface area is 166 Å². The van der Waals surface area contributed by atoms with Crippen molar-refractivity contribution in [2.45, 2.75) is 64.0 Å². The quantitative estimate of drug-likeness (QED) is 0.502. The zero-order valence-electron chi connectivity index (χ0n) is 16.1. The average Bonchev–Trinajstić information content (AvgIpc) is 2.63. The monoisotopic (exact) mass is 418 g/mol. The molecule has 1 N–H and O–H groups in total. The maximum absolute atomic E-state index is 14.9. The summed E-state index contributed by atoms with van der Waals surface area (Å²) in [4.78, 5) is 0. The molecule has 0 spiro atoms. The highest BCUT2D eigenvalue weighted by Gasteiger charge is 2.43. The number of hydrogen-bond donors (Lipinski definition) is 1. The predicted octanol–water partition coefficient (Wildman–Crippen LogP) is 7.51. The van der Waals surface area contributed by atoms with Crippen molar-refractivity contribution in [3.63, 3.8) is 0 Å². The van der Waals surface area contributed by atoms with Crippen LogP contribution in [0, 0.1) is 17.7 Å². The summed E-state index contributed by atoms with van der Waals surface area (Å²) in [5.74, 6) is -5.93. The number of allylic oxidation sites excluding steroid dienone is 4. The van der Waals surface area contributed by atoms with Gasteiger partial charge in [-0.3, -0.25) is 0 Å². The van der Waals surface area contributed by atoms with Gasteiger partial charge in [0.15, 0.2) is 11.6 Å². The molecule has 1 fully saturated rings. The van der Waals surface area contributed by atoms with Crippen molar-refractivity contribution in [3.05, 3.63) is 46.8 Å². The van der Waals surface area contributed by atoms with E-state index < -0.39 is 35.6 Å². The van der Waals surface area contributed by atoms with Crippen molar-refractivity contribution in [1.29, 1.82) is 0 Å². The fourth-order valence-corrected chi connectivity index (χ4v) is 4.55. The van der Waals surface area contributed by atoms with E-state index in [1.54, 1.807) is 0 Å². The smallest absolute Gasteiger partial charge is 0.419 e. The van der Waals surface area contributed by atoms with Gasteiger partial charge < -0.3 is 5.11 Å².